The van der Waals surface area contributed by atoms with Crippen LogP contribution in [0.15, 0.2) is 18.2 Å². The number of nitrogens with one attached hydrogen (secondary N) is 1. The fourth-order valence-electron chi connectivity index (χ4n) is 3.76. The third kappa shape index (κ3) is 3.01. The van der Waals surface area contributed by atoms with E-state index in [1.54, 1.807) is 21.1 Å². The zero-order chi connectivity index (χ0) is 18.8. The lowest BCUT2D eigenvalue weighted by Crippen LogP contribution is -3.12. The predicted octanol–water partition coefficient (Wildman–Crippen LogP) is 0.192. The number of amides is 4. The van der Waals surface area contributed by atoms with Gasteiger partial charge in [0.25, 0.3) is 0 Å². The maximum absolute atomic E-state index is 12.4. The highest BCUT2D eigenvalue weighted by atomic mass is 16.5. The van der Waals surface area contributed by atoms with Crippen LogP contribution >= 0.6 is 0 Å². The molecule has 0 aromatic heterocycles. The van der Waals surface area contributed by atoms with Crippen molar-refractivity contribution in [3.8, 4) is 11.5 Å². The van der Waals surface area contributed by atoms with E-state index >= 15 is 0 Å². The van der Waals surface area contributed by atoms with E-state index in [9.17, 15) is 14.4 Å². The highest BCUT2D eigenvalue weighted by Crippen LogP contribution is 2.31. The molecule has 2 aliphatic heterocycles. The second-order valence-electron chi connectivity index (χ2n) is 6.43. The molecule has 0 aliphatic carbocycles. The number of ether oxygens (including phenoxy) is 2. The quantitative estimate of drug-likeness (QED) is 0.577. The number of methoxy groups -OCH3 is 2. The summed E-state index contributed by atoms with van der Waals surface area (Å²) in [5.41, 5.74) is 0.983. The van der Waals surface area contributed by atoms with Gasteiger partial charge in [-0.05, 0) is 25.1 Å². The zero-order valence-corrected chi connectivity index (χ0v) is 15.3. The molecule has 0 bridgehead atoms. The Kier molecular flexibility index (Phi) is 5.13. The third-order valence-corrected chi connectivity index (χ3v) is 5.11. The SMILES string of the molecule is CCN1C(=O)C(=O)N(C[NH+]2CCC[C@@H]2c2cc(OC)ccc2OC)C1=O. The normalized spacial score (nSPS) is 23.1. The molecule has 0 radical (unpaired) electrons. The number of carbonyl (C=O) groups excluding carboxylic acids is 3. The minimum Gasteiger partial charge on any atom is -0.497 e. The summed E-state index contributed by atoms with van der Waals surface area (Å²) in [6.45, 7) is 2.86. The topological polar surface area (TPSA) is 80.6 Å². The average molecular weight is 362 g/mol. The second-order valence-corrected chi connectivity index (χ2v) is 6.43. The van der Waals surface area contributed by atoms with Crippen molar-refractivity contribution in [2.45, 2.75) is 25.8 Å². The van der Waals surface area contributed by atoms with Crippen LogP contribution in [0.5, 0.6) is 11.5 Å². The lowest BCUT2D eigenvalue weighted by Gasteiger charge is -2.26. The summed E-state index contributed by atoms with van der Waals surface area (Å²) in [6, 6.07) is 5.16. The summed E-state index contributed by atoms with van der Waals surface area (Å²) in [4.78, 5) is 39.6. The molecule has 8 nitrogen and oxygen atoms in total. The van der Waals surface area contributed by atoms with E-state index in [1.165, 1.54) is 0 Å². The van der Waals surface area contributed by atoms with Crippen molar-refractivity contribution in [2.75, 3.05) is 34.0 Å². The van der Waals surface area contributed by atoms with Gasteiger partial charge in [0, 0.05) is 19.4 Å². The van der Waals surface area contributed by atoms with Gasteiger partial charge in [-0.3, -0.25) is 14.5 Å². The summed E-state index contributed by atoms with van der Waals surface area (Å²) in [5.74, 6) is -0.00698. The Hall–Kier alpha value is -2.61. The first-order chi connectivity index (χ1) is 12.5. The Morgan fingerprint density at radius 2 is 1.85 bits per heavy atom. The fraction of sp³-hybridized carbons (Fsp3) is 0.500. The summed E-state index contributed by atoms with van der Waals surface area (Å²) in [5, 5.41) is 0. The molecule has 1 unspecified atom stereocenters. The van der Waals surface area contributed by atoms with Crippen molar-refractivity contribution in [1.82, 2.24) is 9.80 Å². The van der Waals surface area contributed by atoms with Crippen LogP contribution in [-0.2, 0) is 9.59 Å². The molecular formula is C18H24N3O5+. The number of carbonyl (C=O) groups is 3. The molecule has 2 saturated heterocycles. The molecule has 140 valence electrons. The van der Waals surface area contributed by atoms with Gasteiger partial charge in [0.2, 0.25) is 0 Å². The molecule has 26 heavy (non-hydrogen) atoms. The van der Waals surface area contributed by atoms with Gasteiger partial charge in [0.05, 0.1) is 26.3 Å². The standard InChI is InChI=1S/C18H23N3O5/c1-4-20-16(22)17(23)21(18(20)24)11-19-9-5-6-14(19)13-10-12(25-2)7-8-15(13)26-3/h7-8,10,14H,4-6,9,11H2,1-3H3/p+1/t14-/m1/s1. The number of urea groups is 1. The van der Waals surface area contributed by atoms with Crippen LogP contribution in [0.25, 0.3) is 0 Å². The maximum Gasteiger partial charge on any atom is 0.338 e. The first-order valence-corrected chi connectivity index (χ1v) is 8.75. The predicted molar refractivity (Wildman–Crippen MR) is 91.8 cm³/mol. The molecule has 2 atom stereocenters. The van der Waals surface area contributed by atoms with Crippen LogP contribution < -0.4 is 14.4 Å². The highest BCUT2D eigenvalue weighted by Gasteiger charge is 2.47. The number of quaternary nitrogens is 1. The number of likely N-dealkylation sites (tertiary alicyclic amines) is 1. The Bertz CT molecular complexity index is 736. The lowest BCUT2D eigenvalue weighted by molar-refractivity contribution is -0.925. The largest absolute Gasteiger partial charge is 0.497 e. The smallest absolute Gasteiger partial charge is 0.338 e. The average Bonchev–Trinajstić information content (AvgIpc) is 3.20. The van der Waals surface area contributed by atoms with Gasteiger partial charge in [-0.15, -0.1) is 0 Å². The minimum absolute atomic E-state index is 0.0615. The summed E-state index contributed by atoms with van der Waals surface area (Å²) >= 11 is 0. The van der Waals surface area contributed by atoms with Crippen molar-refractivity contribution >= 4 is 17.8 Å². The van der Waals surface area contributed by atoms with E-state index in [1.807, 2.05) is 18.2 Å². The van der Waals surface area contributed by atoms with E-state index in [2.05, 4.69) is 0 Å². The second kappa shape index (κ2) is 7.33. The molecule has 8 heteroatoms. The number of benzene rings is 1. The maximum atomic E-state index is 12.4. The van der Waals surface area contributed by atoms with Gasteiger partial charge in [-0.2, -0.15) is 0 Å². The number of likely N-dealkylation sites (N-methyl/N-ethyl adjacent to an activating group) is 1. The van der Waals surface area contributed by atoms with Gasteiger partial charge in [-0.1, -0.05) is 0 Å². The first kappa shape index (κ1) is 18.2. The van der Waals surface area contributed by atoms with Crippen molar-refractivity contribution in [2.24, 2.45) is 0 Å². The minimum atomic E-state index is -0.744. The van der Waals surface area contributed by atoms with E-state index in [4.69, 9.17) is 9.47 Å². The molecule has 2 fully saturated rings. The molecule has 2 aliphatic rings. The van der Waals surface area contributed by atoms with Crippen molar-refractivity contribution in [3.05, 3.63) is 23.8 Å². The third-order valence-electron chi connectivity index (χ3n) is 5.11. The van der Waals surface area contributed by atoms with Gasteiger partial charge in [0.15, 0.2) is 6.67 Å². The fourth-order valence-corrected chi connectivity index (χ4v) is 3.76. The number of hydrogen-bond acceptors (Lipinski definition) is 5. The van der Waals surface area contributed by atoms with E-state index < -0.39 is 17.8 Å². The van der Waals surface area contributed by atoms with E-state index in [0.29, 0.717) is 0 Å². The Balaban J connectivity index is 1.85. The van der Waals surface area contributed by atoms with Crippen LogP contribution in [-0.4, -0.2) is 61.6 Å². The summed E-state index contributed by atoms with van der Waals surface area (Å²) in [7, 11) is 3.22. The summed E-state index contributed by atoms with van der Waals surface area (Å²) in [6.07, 6.45) is 1.86. The lowest BCUT2D eigenvalue weighted by atomic mass is 10.0. The monoisotopic (exact) mass is 362 g/mol. The Labute approximate surface area is 152 Å². The van der Waals surface area contributed by atoms with E-state index in [-0.39, 0.29) is 19.3 Å². The van der Waals surface area contributed by atoms with Crippen LogP contribution in [0.4, 0.5) is 4.79 Å². The van der Waals surface area contributed by atoms with Gasteiger partial charge in [-0.25, -0.2) is 9.69 Å². The van der Waals surface area contributed by atoms with Gasteiger partial charge < -0.3 is 14.4 Å². The van der Waals surface area contributed by atoms with Crippen LogP contribution in [0, 0.1) is 0 Å². The van der Waals surface area contributed by atoms with Crippen molar-refractivity contribution in [3.63, 3.8) is 0 Å². The summed E-state index contributed by atoms with van der Waals surface area (Å²) < 4.78 is 10.8. The highest BCUT2D eigenvalue weighted by molar-refractivity contribution is 6.44. The number of nitrogens with zero attached hydrogens (tertiary/aromatic N) is 2. The molecule has 1 N–H and O–H groups in total. The van der Waals surface area contributed by atoms with Gasteiger partial charge in [0.1, 0.15) is 17.5 Å². The molecule has 4 amide bonds. The van der Waals surface area contributed by atoms with Crippen LogP contribution in [0.3, 0.4) is 0 Å². The molecule has 2 heterocycles. The molecule has 0 saturated carbocycles. The van der Waals surface area contributed by atoms with E-state index in [0.717, 1.165) is 51.1 Å². The molecule has 1 aromatic rings. The number of hydrogen-bond donors (Lipinski definition) is 1. The Morgan fingerprint density at radius 1 is 1.12 bits per heavy atom. The van der Waals surface area contributed by atoms with Gasteiger partial charge >= 0.3 is 17.8 Å². The molecule has 3 rings (SSSR count). The number of rotatable bonds is 6. The zero-order valence-electron chi connectivity index (χ0n) is 15.3. The van der Waals surface area contributed by atoms with Crippen molar-refractivity contribution < 1.29 is 28.8 Å². The number of imide groups is 2. The van der Waals surface area contributed by atoms with Crippen molar-refractivity contribution in [1.29, 1.82) is 0 Å². The first-order valence-electron chi connectivity index (χ1n) is 8.75. The molecule has 0 spiro atoms. The Morgan fingerprint density at radius 3 is 2.46 bits per heavy atom. The van der Waals surface area contributed by atoms with Crippen LogP contribution in [0.2, 0.25) is 0 Å². The molecule has 1 aromatic carbocycles. The van der Waals surface area contributed by atoms with Crippen LogP contribution in [0.1, 0.15) is 31.4 Å². The molecular weight excluding hydrogens is 338 g/mol.